The number of hydrogen-bond acceptors (Lipinski definition) is 4. The van der Waals surface area contributed by atoms with E-state index in [2.05, 4.69) is 5.16 Å². The first kappa shape index (κ1) is 14.3. The Kier molecular flexibility index (Phi) is 3.63. The van der Waals surface area contributed by atoms with Gasteiger partial charge >= 0.3 is 5.97 Å². The second-order valence-electron chi connectivity index (χ2n) is 4.82. The molecule has 0 aliphatic rings. The highest BCUT2D eigenvalue weighted by Crippen LogP contribution is 2.33. The number of carbonyl (C=O) groups is 1. The predicted molar refractivity (Wildman–Crippen MR) is 80.1 cm³/mol. The standard InChI is InChI=1S/C17H14FNO3/c1-3-21-17(20)15-10(2)22-19-16(15)13-8-9-14(18)12-7-5-4-6-11(12)13/h4-9H,3H2,1-2H3. The van der Waals surface area contributed by atoms with Gasteiger partial charge in [0.2, 0.25) is 0 Å². The van der Waals surface area contributed by atoms with Gasteiger partial charge in [-0.25, -0.2) is 9.18 Å². The Morgan fingerprint density at radius 3 is 2.68 bits per heavy atom. The monoisotopic (exact) mass is 299 g/mol. The minimum Gasteiger partial charge on any atom is -0.462 e. The van der Waals surface area contributed by atoms with Crippen LogP contribution in [0.1, 0.15) is 23.0 Å². The lowest BCUT2D eigenvalue weighted by Gasteiger charge is -2.07. The molecule has 0 saturated heterocycles. The van der Waals surface area contributed by atoms with Gasteiger partial charge in [0.1, 0.15) is 22.8 Å². The van der Waals surface area contributed by atoms with E-state index in [0.29, 0.717) is 27.8 Å². The largest absolute Gasteiger partial charge is 0.462 e. The van der Waals surface area contributed by atoms with Gasteiger partial charge in [-0.1, -0.05) is 29.4 Å². The lowest BCUT2D eigenvalue weighted by molar-refractivity contribution is 0.0525. The van der Waals surface area contributed by atoms with Crippen LogP contribution in [-0.2, 0) is 4.74 Å². The minimum atomic E-state index is -0.496. The average Bonchev–Trinajstić information content (AvgIpc) is 2.90. The average molecular weight is 299 g/mol. The molecule has 0 unspecified atom stereocenters. The van der Waals surface area contributed by atoms with Crippen LogP contribution in [0.2, 0.25) is 0 Å². The van der Waals surface area contributed by atoms with E-state index in [9.17, 15) is 9.18 Å². The number of hydrogen-bond donors (Lipinski definition) is 0. The molecule has 0 aliphatic carbocycles. The number of rotatable bonds is 3. The van der Waals surface area contributed by atoms with Crippen LogP contribution < -0.4 is 0 Å². The summed E-state index contributed by atoms with van der Waals surface area (Å²) in [5.74, 6) is -0.441. The molecule has 0 fully saturated rings. The second kappa shape index (κ2) is 5.60. The highest BCUT2D eigenvalue weighted by Gasteiger charge is 2.24. The molecule has 1 heterocycles. The van der Waals surface area contributed by atoms with E-state index in [1.807, 2.05) is 6.07 Å². The third-order valence-electron chi connectivity index (χ3n) is 3.47. The van der Waals surface area contributed by atoms with Crippen LogP contribution >= 0.6 is 0 Å². The molecule has 0 radical (unpaired) electrons. The number of benzene rings is 2. The molecule has 112 valence electrons. The zero-order chi connectivity index (χ0) is 15.7. The van der Waals surface area contributed by atoms with Crippen LogP contribution in [0.5, 0.6) is 0 Å². The Bertz CT molecular complexity index is 854. The summed E-state index contributed by atoms with van der Waals surface area (Å²) >= 11 is 0. The second-order valence-corrected chi connectivity index (χ2v) is 4.82. The van der Waals surface area contributed by atoms with Crippen molar-refractivity contribution in [2.45, 2.75) is 13.8 Å². The third-order valence-corrected chi connectivity index (χ3v) is 3.47. The normalized spacial score (nSPS) is 10.9. The van der Waals surface area contributed by atoms with Crippen molar-refractivity contribution in [1.29, 1.82) is 0 Å². The van der Waals surface area contributed by atoms with E-state index in [0.717, 1.165) is 0 Å². The van der Waals surface area contributed by atoms with Gasteiger partial charge in [0.05, 0.1) is 6.61 Å². The summed E-state index contributed by atoms with van der Waals surface area (Å²) in [5.41, 5.74) is 1.28. The van der Waals surface area contributed by atoms with Crippen LogP contribution in [0, 0.1) is 12.7 Å². The molecule has 5 heteroatoms. The Morgan fingerprint density at radius 1 is 1.23 bits per heavy atom. The van der Waals surface area contributed by atoms with Gasteiger partial charge in [0, 0.05) is 10.9 Å². The highest BCUT2D eigenvalue weighted by atomic mass is 19.1. The molecule has 0 aliphatic heterocycles. The zero-order valence-corrected chi connectivity index (χ0v) is 12.2. The summed E-state index contributed by atoms with van der Waals surface area (Å²) < 4.78 is 24.1. The lowest BCUT2D eigenvalue weighted by atomic mass is 9.99. The number of aryl methyl sites for hydroxylation is 1. The number of esters is 1. The third kappa shape index (κ3) is 2.24. The molecule has 4 nitrogen and oxygen atoms in total. The number of fused-ring (bicyclic) bond motifs is 1. The molecular weight excluding hydrogens is 285 g/mol. The van der Waals surface area contributed by atoms with Crippen LogP contribution in [0.4, 0.5) is 4.39 Å². The number of halogens is 1. The van der Waals surface area contributed by atoms with Crippen LogP contribution in [0.3, 0.4) is 0 Å². The van der Waals surface area contributed by atoms with Crippen molar-refractivity contribution in [2.75, 3.05) is 6.61 Å². The van der Waals surface area contributed by atoms with E-state index >= 15 is 0 Å². The summed E-state index contributed by atoms with van der Waals surface area (Å²) in [7, 11) is 0. The van der Waals surface area contributed by atoms with E-state index in [4.69, 9.17) is 9.26 Å². The molecule has 22 heavy (non-hydrogen) atoms. The Balaban J connectivity index is 2.25. The summed E-state index contributed by atoms with van der Waals surface area (Å²) in [6.45, 7) is 3.63. The van der Waals surface area contributed by atoms with E-state index < -0.39 is 5.97 Å². The molecule has 0 atom stereocenters. The summed E-state index contributed by atoms with van der Waals surface area (Å²) in [4.78, 5) is 12.1. The highest BCUT2D eigenvalue weighted by molar-refractivity contribution is 6.03. The molecule has 0 amide bonds. The van der Waals surface area contributed by atoms with Crippen molar-refractivity contribution in [3.63, 3.8) is 0 Å². The van der Waals surface area contributed by atoms with Crippen molar-refractivity contribution in [3.8, 4) is 11.3 Å². The molecule has 0 spiro atoms. The topological polar surface area (TPSA) is 52.3 Å². The summed E-state index contributed by atoms with van der Waals surface area (Å²) in [6, 6.07) is 9.99. The van der Waals surface area contributed by atoms with Gasteiger partial charge in [0.25, 0.3) is 0 Å². The fraction of sp³-hybridized carbons (Fsp3) is 0.176. The maximum Gasteiger partial charge on any atom is 0.344 e. The van der Waals surface area contributed by atoms with Gasteiger partial charge in [-0.2, -0.15) is 0 Å². The quantitative estimate of drug-likeness (QED) is 0.683. The van der Waals surface area contributed by atoms with Crippen molar-refractivity contribution < 1.29 is 18.4 Å². The minimum absolute atomic E-state index is 0.257. The molecule has 0 saturated carbocycles. The van der Waals surface area contributed by atoms with Gasteiger partial charge in [-0.15, -0.1) is 0 Å². The van der Waals surface area contributed by atoms with Gasteiger partial charge < -0.3 is 9.26 Å². The van der Waals surface area contributed by atoms with Gasteiger partial charge in [0.15, 0.2) is 0 Å². The van der Waals surface area contributed by atoms with Crippen molar-refractivity contribution in [1.82, 2.24) is 5.16 Å². The maximum atomic E-state index is 13.9. The molecule has 2 aromatic carbocycles. The first-order chi connectivity index (χ1) is 10.6. The Morgan fingerprint density at radius 2 is 1.95 bits per heavy atom. The predicted octanol–water partition coefficient (Wildman–Crippen LogP) is 4.12. The fourth-order valence-corrected chi connectivity index (χ4v) is 2.47. The number of nitrogens with zero attached hydrogens (tertiary/aromatic N) is 1. The zero-order valence-electron chi connectivity index (χ0n) is 12.2. The first-order valence-electron chi connectivity index (χ1n) is 6.94. The first-order valence-corrected chi connectivity index (χ1v) is 6.94. The maximum absolute atomic E-state index is 13.9. The van der Waals surface area contributed by atoms with E-state index in [1.54, 1.807) is 38.1 Å². The van der Waals surface area contributed by atoms with Gasteiger partial charge in [-0.3, -0.25) is 0 Å². The van der Waals surface area contributed by atoms with E-state index in [1.165, 1.54) is 6.07 Å². The van der Waals surface area contributed by atoms with Crippen molar-refractivity contribution in [3.05, 3.63) is 53.5 Å². The Labute approximate surface area is 126 Å². The SMILES string of the molecule is CCOC(=O)c1c(-c2ccc(F)c3ccccc23)noc1C. The summed E-state index contributed by atoms with van der Waals surface area (Å²) in [6.07, 6.45) is 0. The fourth-order valence-electron chi connectivity index (χ4n) is 2.47. The Hall–Kier alpha value is -2.69. The molecular formula is C17H14FNO3. The van der Waals surface area contributed by atoms with Crippen LogP contribution in [0.15, 0.2) is 40.9 Å². The van der Waals surface area contributed by atoms with Crippen molar-refractivity contribution >= 4 is 16.7 Å². The molecule has 3 rings (SSSR count). The molecule has 0 bridgehead atoms. The number of ether oxygens (including phenoxy) is 1. The summed E-state index contributed by atoms with van der Waals surface area (Å²) in [5, 5.41) is 5.11. The van der Waals surface area contributed by atoms with Crippen molar-refractivity contribution in [2.24, 2.45) is 0 Å². The van der Waals surface area contributed by atoms with Crippen LogP contribution in [0.25, 0.3) is 22.0 Å². The number of carbonyl (C=O) groups excluding carboxylic acids is 1. The molecule has 3 aromatic rings. The molecule has 0 N–H and O–H groups in total. The van der Waals surface area contributed by atoms with Gasteiger partial charge in [-0.05, 0) is 31.4 Å². The lowest BCUT2D eigenvalue weighted by Crippen LogP contribution is -2.06. The molecule has 1 aromatic heterocycles. The van der Waals surface area contributed by atoms with E-state index in [-0.39, 0.29) is 18.0 Å². The smallest absolute Gasteiger partial charge is 0.344 e. The number of aromatic nitrogens is 1. The van der Waals surface area contributed by atoms with Crippen LogP contribution in [-0.4, -0.2) is 17.7 Å².